The van der Waals surface area contributed by atoms with Gasteiger partial charge in [-0.15, -0.1) is 0 Å². The number of nitrogens with one attached hydrogen (secondary N) is 1. The van der Waals surface area contributed by atoms with E-state index >= 15 is 8.78 Å². The van der Waals surface area contributed by atoms with Crippen LogP contribution in [0.1, 0.15) is 28.8 Å². The SMILES string of the molecule is COc1cc(F)c([C@@H]2CN(c3cccn(CC(C)(CO)CO)c3=O)C(=O)C2NC(=O)c2ccc(OC(F)F)cc2)c(F)c1. The summed E-state index contributed by atoms with van der Waals surface area (Å²) in [5.74, 6) is -5.42. The fourth-order valence-corrected chi connectivity index (χ4v) is 4.83. The van der Waals surface area contributed by atoms with Crippen molar-refractivity contribution in [3.63, 3.8) is 0 Å². The lowest BCUT2D eigenvalue weighted by atomic mass is 9.92. The highest BCUT2D eigenvalue weighted by Crippen LogP contribution is 2.36. The molecule has 0 aliphatic carbocycles. The number of carbonyl (C=O) groups is 2. The monoisotopic (exact) mass is 607 g/mol. The predicted octanol–water partition coefficient (Wildman–Crippen LogP) is 2.66. The van der Waals surface area contributed by atoms with Crippen molar-refractivity contribution in [2.45, 2.75) is 32.0 Å². The molecule has 2 amide bonds. The maximum absolute atomic E-state index is 15.2. The minimum absolute atomic E-state index is 0.0587. The number of hydrogen-bond donors (Lipinski definition) is 3. The Morgan fingerprint density at radius 2 is 1.70 bits per heavy atom. The first kappa shape index (κ1) is 31.5. The Labute approximate surface area is 243 Å². The molecule has 1 saturated heterocycles. The average Bonchev–Trinajstić information content (AvgIpc) is 3.28. The summed E-state index contributed by atoms with van der Waals surface area (Å²) in [4.78, 5) is 41.3. The van der Waals surface area contributed by atoms with Crippen molar-refractivity contribution in [2.75, 3.05) is 31.8 Å². The zero-order valence-corrected chi connectivity index (χ0v) is 23.1. The van der Waals surface area contributed by atoms with Crippen LogP contribution in [0, 0.1) is 17.0 Å². The van der Waals surface area contributed by atoms with Crippen LogP contribution >= 0.6 is 0 Å². The fraction of sp³-hybridized carbons (Fsp3) is 0.345. The summed E-state index contributed by atoms with van der Waals surface area (Å²) in [5, 5.41) is 21.8. The van der Waals surface area contributed by atoms with Crippen LogP contribution in [0.4, 0.5) is 23.2 Å². The average molecular weight is 608 g/mol. The topological polar surface area (TPSA) is 130 Å². The lowest BCUT2D eigenvalue weighted by Gasteiger charge is -2.26. The van der Waals surface area contributed by atoms with Crippen molar-refractivity contribution >= 4 is 17.5 Å². The molecule has 230 valence electrons. The van der Waals surface area contributed by atoms with Crippen molar-refractivity contribution in [3.05, 3.63) is 87.8 Å². The molecular weight excluding hydrogens is 578 g/mol. The second kappa shape index (κ2) is 12.8. The Bertz CT molecular complexity index is 1520. The number of hydrogen-bond acceptors (Lipinski definition) is 7. The molecule has 14 heteroatoms. The van der Waals surface area contributed by atoms with Gasteiger partial charge in [-0.3, -0.25) is 14.4 Å². The number of aliphatic hydroxyl groups excluding tert-OH is 2. The number of aliphatic hydroxyl groups is 2. The van der Waals surface area contributed by atoms with Gasteiger partial charge in [0.2, 0.25) is 5.91 Å². The van der Waals surface area contributed by atoms with Gasteiger partial charge in [0.1, 0.15) is 34.9 Å². The Balaban J connectivity index is 1.73. The normalized spacial score (nSPS) is 17.0. The zero-order chi connectivity index (χ0) is 31.5. The number of aromatic nitrogens is 1. The highest BCUT2D eigenvalue weighted by atomic mass is 19.3. The molecule has 0 spiro atoms. The van der Waals surface area contributed by atoms with E-state index in [1.165, 1.54) is 42.1 Å². The first-order chi connectivity index (χ1) is 20.4. The van der Waals surface area contributed by atoms with E-state index in [4.69, 9.17) is 4.74 Å². The van der Waals surface area contributed by atoms with Gasteiger partial charge in [0.25, 0.3) is 11.5 Å². The van der Waals surface area contributed by atoms with Gasteiger partial charge < -0.3 is 34.5 Å². The summed E-state index contributed by atoms with van der Waals surface area (Å²) in [7, 11) is 1.22. The van der Waals surface area contributed by atoms with E-state index in [1.807, 2.05) is 0 Å². The van der Waals surface area contributed by atoms with Crippen LogP contribution in [-0.2, 0) is 11.3 Å². The van der Waals surface area contributed by atoms with E-state index < -0.39 is 78.3 Å². The van der Waals surface area contributed by atoms with Crippen molar-refractivity contribution < 1.29 is 46.8 Å². The first-order valence-electron chi connectivity index (χ1n) is 13.0. The Morgan fingerprint density at radius 1 is 1.07 bits per heavy atom. The number of alkyl halides is 2. The summed E-state index contributed by atoms with van der Waals surface area (Å²) in [5.41, 5.74) is -2.49. The number of methoxy groups -OCH3 is 1. The van der Waals surface area contributed by atoms with Crippen molar-refractivity contribution in [1.29, 1.82) is 0 Å². The molecule has 2 heterocycles. The third-order valence-corrected chi connectivity index (χ3v) is 7.21. The molecule has 3 aromatic rings. The molecule has 1 aliphatic rings. The summed E-state index contributed by atoms with van der Waals surface area (Å²) in [6, 6.07) is 7.65. The Kier molecular flexibility index (Phi) is 9.40. The van der Waals surface area contributed by atoms with Gasteiger partial charge in [-0.2, -0.15) is 8.78 Å². The van der Waals surface area contributed by atoms with Crippen LogP contribution in [0.5, 0.6) is 11.5 Å². The lowest BCUT2D eigenvalue weighted by molar-refractivity contribution is -0.118. The van der Waals surface area contributed by atoms with Gasteiger partial charge in [-0.25, -0.2) is 8.78 Å². The van der Waals surface area contributed by atoms with E-state index in [1.54, 1.807) is 6.92 Å². The lowest BCUT2D eigenvalue weighted by Crippen LogP contribution is -2.45. The number of anilines is 1. The van der Waals surface area contributed by atoms with Crippen LogP contribution in [0.25, 0.3) is 0 Å². The molecule has 3 N–H and O–H groups in total. The molecule has 2 atom stereocenters. The van der Waals surface area contributed by atoms with Gasteiger partial charge in [0, 0.05) is 53.9 Å². The van der Waals surface area contributed by atoms with Crippen molar-refractivity contribution in [1.82, 2.24) is 9.88 Å². The van der Waals surface area contributed by atoms with Gasteiger partial charge in [-0.05, 0) is 36.4 Å². The number of benzene rings is 2. The highest BCUT2D eigenvalue weighted by Gasteiger charge is 2.46. The molecule has 1 unspecified atom stereocenters. The number of halogens is 4. The molecular formula is C29H29F4N3O7. The van der Waals surface area contributed by atoms with Gasteiger partial charge >= 0.3 is 6.61 Å². The van der Waals surface area contributed by atoms with Gasteiger partial charge in [0.05, 0.1) is 20.3 Å². The molecule has 43 heavy (non-hydrogen) atoms. The summed E-state index contributed by atoms with van der Waals surface area (Å²) in [6.07, 6.45) is 1.40. The molecule has 0 saturated carbocycles. The Hall–Kier alpha value is -4.43. The van der Waals surface area contributed by atoms with E-state index in [9.17, 15) is 33.4 Å². The third-order valence-electron chi connectivity index (χ3n) is 7.21. The number of rotatable bonds is 11. The summed E-state index contributed by atoms with van der Waals surface area (Å²) in [6.45, 7) is -2.92. The van der Waals surface area contributed by atoms with E-state index in [2.05, 4.69) is 10.1 Å². The molecule has 0 radical (unpaired) electrons. The minimum Gasteiger partial charge on any atom is -0.497 e. The number of ether oxygens (including phenoxy) is 2. The van der Waals surface area contributed by atoms with Crippen LogP contribution in [0.3, 0.4) is 0 Å². The molecule has 4 rings (SSSR count). The quantitative estimate of drug-likeness (QED) is 0.286. The second-order valence-electron chi connectivity index (χ2n) is 10.4. The highest BCUT2D eigenvalue weighted by molar-refractivity contribution is 6.05. The largest absolute Gasteiger partial charge is 0.497 e. The van der Waals surface area contributed by atoms with Crippen LogP contribution in [0.15, 0.2) is 59.5 Å². The molecule has 1 aromatic heterocycles. The predicted molar refractivity (Wildman–Crippen MR) is 145 cm³/mol. The fourth-order valence-electron chi connectivity index (χ4n) is 4.83. The van der Waals surface area contributed by atoms with Crippen LogP contribution < -0.4 is 25.2 Å². The number of pyridine rings is 1. The van der Waals surface area contributed by atoms with E-state index in [-0.39, 0.29) is 29.3 Å². The van der Waals surface area contributed by atoms with Crippen molar-refractivity contribution in [3.8, 4) is 11.5 Å². The molecule has 10 nitrogen and oxygen atoms in total. The van der Waals surface area contributed by atoms with Gasteiger partial charge in [0.15, 0.2) is 0 Å². The smallest absolute Gasteiger partial charge is 0.387 e. The number of nitrogens with zero attached hydrogens (tertiary/aromatic N) is 2. The minimum atomic E-state index is -3.08. The summed E-state index contributed by atoms with van der Waals surface area (Å²) < 4.78 is 65.9. The zero-order valence-electron chi connectivity index (χ0n) is 23.1. The first-order valence-corrected chi connectivity index (χ1v) is 13.0. The van der Waals surface area contributed by atoms with E-state index in [0.717, 1.165) is 29.2 Å². The van der Waals surface area contributed by atoms with Crippen molar-refractivity contribution in [2.24, 2.45) is 5.41 Å². The van der Waals surface area contributed by atoms with E-state index in [0.29, 0.717) is 0 Å². The number of carbonyl (C=O) groups excluding carboxylic acids is 2. The van der Waals surface area contributed by atoms with Crippen LogP contribution in [0.2, 0.25) is 0 Å². The standard InChI is InChI=1S/C29H29F4N3O7/c1-29(14-37,15-38)13-35-9-3-4-22(26(35)40)36-12-19(23-20(30)10-18(42-2)11-21(23)31)24(27(36)41)34-25(39)16-5-7-17(8-6-16)43-28(32)33/h3-11,19,24,28,37-38H,12-15H2,1-2H3,(H,34,39)/t19-,24?/m0/s1. The summed E-state index contributed by atoms with van der Waals surface area (Å²) >= 11 is 0. The molecule has 1 aliphatic heterocycles. The van der Waals surface area contributed by atoms with Gasteiger partial charge in [-0.1, -0.05) is 6.92 Å². The third kappa shape index (κ3) is 6.65. The van der Waals surface area contributed by atoms with Crippen LogP contribution in [-0.4, -0.2) is 66.1 Å². The second-order valence-corrected chi connectivity index (χ2v) is 10.4. The molecule has 1 fully saturated rings. The maximum atomic E-state index is 15.2. The molecule has 0 bridgehead atoms. The number of amides is 2. The maximum Gasteiger partial charge on any atom is 0.387 e. The molecule has 2 aromatic carbocycles. The Morgan fingerprint density at radius 3 is 2.26 bits per heavy atom.